The number of nitrogens with one attached hydrogen (secondary N) is 1. The van der Waals surface area contributed by atoms with Crippen LogP contribution in [0, 0.1) is 6.92 Å². The summed E-state index contributed by atoms with van der Waals surface area (Å²) in [6.07, 6.45) is 6.17. The maximum Gasteiger partial charge on any atom is 0.203 e. The predicted octanol–water partition coefficient (Wildman–Crippen LogP) is 2.36. The van der Waals surface area contributed by atoms with Crippen molar-refractivity contribution in [2.45, 2.75) is 38.8 Å². The summed E-state index contributed by atoms with van der Waals surface area (Å²) in [5.74, 6) is 0.902. The molecule has 1 aliphatic heterocycles. The molecule has 4 nitrogen and oxygen atoms in total. The minimum absolute atomic E-state index is 0.0439. The van der Waals surface area contributed by atoms with E-state index in [2.05, 4.69) is 34.6 Å². The maximum absolute atomic E-state index is 5.82. The highest BCUT2D eigenvalue weighted by atomic mass is 16.5. The van der Waals surface area contributed by atoms with E-state index in [0.29, 0.717) is 0 Å². The molecule has 1 aromatic heterocycles. The smallest absolute Gasteiger partial charge is 0.203 e. The van der Waals surface area contributed by atoms with Gasteiger partial charge in [-0.2, -0.15) is 0 Å². The van der Waals surface area contributed by atoms with Crippen LogP contribution in [0.2, 0.25) is 0 Å². The lowest BCUT2D eigenvalue weighted by molar-refractivity contribution is 0.00664. The van der Waals surface area contributed by atoms with Crippen molar-refractivity contribution in [2.24, 2.45) is 0 Å². The second-order valence-electron chi connectivity index (χ2n) is 4.91. The molecule has 17 heavy (non-hydrogen) atoms. The molecule has 1 fully saturated rings. The van der Waals surface area contributed by atoms with Crippen molar-refractivity contribution in [3.63, 3.8) is 0 Å². The fraction of sp³-hybridized carbons (Fsp3) is 0.615. The molecule has 0 radical (unpaired) electrons. The number of hydrogen-bond acceptors (Lipinski definition) is 3. The summed E-state index contributed by atoms with van der Waals surface area (Å²) in [5.41, 5.74) is 0.982. The minimum Gasteiger partial charge on any atom is -0.373 e. The van der Waals surface area contributed by atoms with E-state index in [-0.39, 0.29) is 5.60 Å². The van der Waals surface area contributed by atoms with Gasteiger partial charge in [0.25, 0.3) is 0 Å². The van der Waals surface area contributed by atoms with Crippen LogP contribution in [0.1, 0.15) is 25.5 Å². The van der Waals surface area contributed by atoms with Crippen molar-refractivity contribution < 1.29 is 4.74 Å². The lowest BCUT2D eigenvalue weighted by Gasteiger charge is -2.24. The van der Waals surface area contributed by atoms with Gasteiger partial charge in [0.15, 0.2) is 0 Å². The molecule has 0 saturated carbocycles. The third kappa shape index (κ3) is 2.88. The largest absolute Gasteiger partial charge is 0.373 e. The average Bonchev–Trinajstić information content (AvgIpc) is 2.83. The molecule has 94 valence electrons. The highest BCUT2D eigenvalue weighted by Crippen LogP contribution is 2.28. The Morgan fingerprint density at radius 1 is 1.71 bits per heavy atom. The first kappa shape index (κ1) is 12.2. The van der Waals surface area contributed by atoms with E-state index in [4.69, 9.17) is 4.74 Å². The molecule has 0 aromatic carbocycles. The molecule has 0 aliphatic carbocycles. The van der Waals surface area contributed by atoms with Gasteiger partial charge in [0.05, 0.1) is 17.8 Å². The molecule has 1 N–H and O–H groups in total. The standard InChI is InChI=1S/C13H21N3O/c1-4-7-14-12-15-11(2)9-16(12)10-13(3)6-5-8-17-13/h4,9H,1,5-8,10H2,2-3H3,(H,14,15). The minimum atomic E-state index is -0.0439. The van der Waals surface area contributed by atoms with Gasteiger partial charge in [0.1, 0.15) is 0 Å². The fourth-order valence-electron chi connectivity index (χ4n) is 2.29. The van der Waals surface area contributed by atoms with Gasteiger partial charge in [0, 0.05) is 19.3 Å². The zero-order chi connectivity index (χ0) is 12.3. The van der Waals surface area contributed by atoms with Crippen molar-refractivity contribution >= 4 is 5.95 Å². The second-order valence-corrected chi connectivity index (χ2v) is 4.91. The van der Waals surface area contributed by atoms with Gasteiger partial charge in [0.2, 0.25) is 5.95 Å². The SMILES string of the molecule is C=CCNc1nc(C)cn1CC1(C)CCCO1. The van der Waals surface area contributed by atoms with Crippen LogP contribution in [0.3, 0.4) is 0 Å². The molecule has 0 spiro atoms. The lowest BCUT2D eigenvalue weighted by Crippen LogP contribution is -2.29. The number of anilines is 1. The Hall–Kier alpha value is -1.29. The average molecular weight is 235 g/mol. The first-order chi connectivity index (χ1) is 8.13. The number of imidazole rings is 1. The third-order valence-electron chi connectivity index (χ3n) is 3.11. The zero-order valence-electron chi connectivity index (χ0n) is 10.7. The molecule has 1 saturated heterocycles. The summed E-state index contributed by atoms with van der Waals surface area (Å²) in [6.45, 7) is 10.3. The van der Waals surface area contributed by atoms with Crippen LogP contribution < -0.4 is 5.32 Å². The zero-order valence-corrected chi connectivity index (χ0v) is 10.7. The molecule has 2 heterocycles. The van der Waals surface area contributed by atoms with Crippen LogP contribution >= 0.6 is 0 Å². The monoisotopic (exact) mass is 235 g/mol. The van der Waals surface area contributed by atoms with E-state index in [1.165, 1.54) is 0 Å². The summed E-state index contributed by atoms with van der Waals surface area (Å²) in [4.78, 5) is 4.47. The van der Waals surface area contributed by atoms with Crippen molar-refractivity contribution in [1.82, 2.24) is 9.55 Å². The van der Waals surface area contributed by atoms with Crippen molar-refractivity contribution in [3.8, 4) is 0 Å². The molecule has 1 aromatic rings. The highest BCUT2D eigenvalue weighted by molar-refractivity contribution is 5.29. The molecule has 4 heteroatoms. The number of aryl methyl sites for hydroxylation is 1. The summed E-state index contributed by atoms with van der Waals surface area (Å²) < 4.78 is 7.96. The topological polar surface area (TPSA) is 39.1 Å². The first-order valence-corrected chi connectivity index (χ1v) is 6.15. The quantitative estimate of drug-likeness (QED) is 0.796. The Balaban J connectivity index is 2.10. The van der Waals surface area contributed by atoms with Gasteiger partial charge < -0.3 is 14.6 Å². The molecule has 1 atom stereocenters. The summed E-state index contributed by atoms with van der Waals surface area (Å²) in [6, 6.07) is 0. The van der Waals surface area contributed by atoms with Crippen molar-refractivity contribution in [3.05, 3.63) is 24.5 Å². The number of nitrogens with zero attached hydrogens (tertiary/aromatic N) is 2. The predicted molar refractivity (Wildman–Crippen MR) is 69.2 cm³/mol. The van der Waals surface area contributed by atoms with E-state index in [1.807, 2.05) is 13.0 Å². The van der Waals surface area contributed by atoms with Crippen LogP contribution in [0.5, 0.6) is 0 Å². The Morgan fingerprint density at radius 3 is 3.18 bits per heavy atom. The summed E-state index contributed by atoms with van der Waals surface area (Å²) in [5, 5.41) is 3.25. The second kappa shape index (κ2) is 4.92. The number of hydrogen-bond donors (Lipinski definition) is 1. The van der Waals surface area contributed by atoms with Crippen LogP contribution in [0.15, 0.2) is 18.9 Å². The van der Waals surface area contributed by atoms with Crippen molar-refractivity contribution in [1.29, 1.82) is 0 Å². The van der Waals surface area contributed by atoms with Gasteiger partial charge in [-0.25, -0.2) is 4.98 Å². The molecule has 0 bridgehead atoms. The first-order valence-electron chi connectivity index (χ1n) is 6.15. The lowest BCUT2D eigenvalue weighted by atomic mass is 10.0. The van der Waals surface area contributed by atoms with Gasteiger partial charge in [-0.3, -0.25) is 0 Å². The van der Waals surface area contributed by atoms with Crippen LogP contribution in [0.4, 0.5) is 5.95 Å². The van der Waals surface area contributed by atoms with Gasteiger partial charge in [-0.1, -0.05) is 6.08 Å². The maximum atomic E-state index is 5.82. The third-order valence-corrected chi connectivity index (χ3v) is 3.11. The van der Waals surface area contributed by atoms with Crippen molar-refractivity contribution in [2.75, 3.05) is 18.5 Å². The van der Waals surface area contributed by atoms with Gasteiger partial charge in [-0.15, -0.1) is 6.58 Å². The summed E-state index contributed by atoms with van der Waals surface area (Å²) >= 11 is 0. The molecule has 0 amide bonds. The molecule has 1 aliphatic rings. The number of aromatic nitrogens is 2. The van der Waals surface area contributed by atoms with E-state index in [1.54, 1.807) is 0 Å². The molecular weight excluding hydrogens is 214 g/mol. The molecule has 1 unspecified atom stereocenters. The van der Waals surface area contributed by atoms with E-state index in [0.717, 1.165) is 44.2 Å². The normalized spacial score (nSPS) is 23.9. The van der Waals surface area contributed by atoms with Crippen LogP contribution in [0.25, 0.3) is 0 Å². The number of rotatable bonds is 5. The van der Waals surface area contributed by atoms with E-state index in [9.17, 15) is 0 Å². The Labute approximate surface area is 103 Å². The van der Waals surface area contributed by atoms with Crippen LogP contribution in [-0.2, 0) is 11.3 Å². The summed E-state index contributed by atoms with van der Waals surface area (Å²) in [7, 11) is 0. The Morgan fingerprint density at radius 2 is 2.53 bits per heavy atom. The number of ether oxygens (including phenoxy) is 1. The van der Waals surface area contributed by atoms with Gasteiger partial charge in [-0.05, 0) is 26.7 Å². The van der Waals surface area contributed by atoms with E-state index >= 15 is 0 Å². The highest BCUT2D eigenvalue weighted by Gasteiger charge is 2.30. The Kier molecular flexibility index (Phi) is 3.52. The van der Waals surface area contributed by atoms with E-state index < -0.39 is 0 Å². The fourth-order valence-corrected chi connectivity index (χ4v) is 2.29. The Bertz CT molecular complexity index is 391. The molecule has 2 rings (SSSR count). The van der Waals surface area contributed by atoms with Crippen LogP contribution in [-0.4, -0.2) is 28.3 Å². The molecular formula is C13H21N3O. The van der Waals surface area contributed by atoms with Gasteiger partial charge >= 0.3 is 0 Å².